The number of thioether (sulfide) groups is 1. The second kappa shape index (κ2) is 10.0. The van der Waals surface area contributed by atoms with E-state index < -0.39 is 20.9 Å². The number of nitrogens with zero attached hydrogens (tertiary/aromatic N) is 2. The number of nitrogens with one attached hydrogen (secondary N) is 2. The number of nitro benzene ring substituents is 1. The van der Waals surface area contributed by atoms with Crippen LogP contribution in [0.3, 0.4) is 0 Å². The van der Waals surface area contributed by atoms with Gasteiger partial charge in [-0.25, -0.2) is 13.4 Å². The van der Waals surface area contributed by atoms with Gasteiger partial charge in [-0.3, -0.25) is 19.6 Å². The zero-order valence-electron chi connectivity index (χ0n) is 18.1. The first kappa shape index (κ1) is 24.0. The number of nitro groups is 1. The fourth-order valence-electron chi connectivity index (χ4n) is 3.07. The molecular weight excluding hydrogens is 496 g/mol. The van der Waals surface area contributed by atoms with E-state index in [-0.39, 0.29) is 21.6 Å². The monoisotopic (exact) mass is 514 g/mol. The summed E-state index contributed by atoms with van der Waals surface area (Å²) >= 11 is 1.000. The van der Waals surface area contributed by atoms with E-state index in [4.69, 9.17) is 9.15 Å². The average Bonchev–Trinajstić information content (AvgIpc) is 3.25. The Kier molecular flexibility index (Phi) is 6.89. The molecule has 11 nitrogen and oxygen atoms in total. The Morgan fingerprint density at radius 1 is 1.14 bits per heavy atom. The van der Waals surface area contributed by atoms with Crippen molar-refractivity contribution in [2.75, 3.05) is 22.9 Å². The van der Waals surface area contributed by atoms with Crippen molar-refractivity contribution in [2.24, 2.45) is 0 Å². The summed E-state index contributed by atoms with van der Waals surface area (Å²) in [4.78, 5) is 26.8. The summed E-state index contributed by atoms with van der Waals surface area (Å²) in [5, 5.41) is 13.6. The van der Waals surface area contributed by atoms with Crippen molar-refractivity contribution in [3.05, 3.63) is 76.8 Å². The molecule has 0 spiro atoms. The molecule has 13 heteroatoms. The third-order valence-corrected chi connectivity index (χ3v) is 6.86. The standard InChI is InChI=1S/C22H18N4O7S2/c1-32-19-8-3-2-7-17(19)25-35(30,31)16-9-10-20-18(12-16)24-22(33-20)34-13-21(27)23-14-5-4-6-15(11-14)26(28)29/h2-12,25H,13H2,1H3,(H,23,27). The lowest BCUT2D eigenvalue weighted by atomic mass is 10.3. The Morgan fingerprint density at radius 2 is 1.94 bits per heavy atom. The maximum absolute atomic E-state index is 12.8. The van der Waals surface area contributed by atoms with E-state index in [1.54, 1.807) is 24.3 Å². The third kappa shape index (κ3) is 5.70. The van der Waals surface area contributed by atoms with Crippen LogP contribution in [0.25, 0.3) is 11.1 Å². The number of anilines is 2. The molecule has 0 bridgehead atoms. The van der Waals surface area contributed by atoms with E-state index >= 15 is 0 Å². The van der Waals surface area contributed by atoms with Gasteiger partial charge in [-0.1, -0.05) is 30.0 Å². The van der Waals surface area contributed by atoms with Crippen molar-refractivity contribution in [3.63, 3.8) is 0 Å². The lowest BCUT2D eigenvalue weighted by Gasteiger charge is -2.11. The van der Waals surface area contributed by atoms with Gasteiger partial charge in [0.1, 0.15) is 11.3 Å². The number of carbonyl (C=O) groups is 1. The van der Waals surface area contributed by atoms with Crippen LogP contribution in [0.5, 0.6) is 5.75 Å². The Labute approximate surface area is 203 Å². The number of sulfonamides is 1. The average molecular weight is 515 g/mol. The summed E-state index contributed by atoms with van der Waals surface area (Å²) in [6.07, 6.45) is 0. The minimum Gasteiger partial charge on any atom is -0.495 e. The van der Waals surface area contributed by atoms with E-state index in [0.29, 0.717) is 28.2 Å². The summed E-state index contributed by atoms with van der Waals surface area (Å²) in [7, 11) is -2.49. The number of carbonyl (C=O) groups excluding carboxylic acids is 1. The number of methoxy groups -OCH3 is 1. The zero-order chi connectivity index (χ0) is 25.0. The fraction of sp³-hybridized carbons (Fsp3) is 0.0909. The molecule has 1 aromatic heterocycles. The first-order valence-corrected chi connectivity index (χ1v) is 12.5. The summed E-state index contributed by atoms with van der Waals surface area (Å²) in [6.45, 7) is 0. The molecule has 1 amide bonds. The second-order valence-corrected chi connectivity index (χ2v) is 9.67. The van der Waals surface area contributed by atoms with E-state index in [1.165, 1.54) is 49.6 Å². The first-order chi connectivity index (χ1) is 16.7. The first-order valence-electron chi connectivity index (χ1n) is 9.99. The topological polar surface area (TPSA) is 154 Å². The summed E-state index contributed by atoms with van der Waals surface area (Å²) in [5.74, 6) is -0.113. The van der Waals surface area contributed by atoms with Crippen LogP contribution in [0.2, 0.25) is 0 Å². The number of para-hydroxylation sites is 2. The number of oxazole rings is 1. The molecular formula is C22H18N4O7S2. The fourth-order valence-corrected chi connectivity index (χ4v) is 4.80. The number of hydrogen-bond acceptors (Lipinski definition) is 9. The van der Waals surface area contributed by atoms with Crippen molar-refractivity contribution < 1.29 is 27.3 Å². The molecule has 0 fully saturated rings. The molecule has 4 rings (SSSR count). The van der Waals surface area contributed by atoms with Crippen molar-refractivity contribution >= 4 is 55.9 Å². The molecule has 3 aromatic carbocycles. The van der Waals surface area contributed by atoms with E-state index in [0.717, 1.165) is 11.8 Å². The van der Waals surface area contributed by atoms with Crippen molar-refractivity contribution in [2.45, 2.75) is 10.1 Å². The quantitative estimate of drug-likeness (QED) is 0.189. The number of ether oxygens (including phenoxy) is 1. The van der Waals surface area contributed by atoms with Crippen LogP contribution in [0, 0.1) is 10.1 Å². The Balaban J connectivity index is 1.44. The number of non-ortho nitro benzene ring substituents is 1. The van der Waals surface area contributed by atoms with Gasteiger partial charge in [0.2, 0.25) is 5.91 Å². The molecule has 0 atom stereocenters. The number of aromatic nitrogens is 1. The smallest absolute Gasteiger partial charge is 0.271 e. The van der Waals surface area contributed by atoms with Crippen LogP contribution in [0.1, 0.15) is 0 Å². The number of amides is 1. The van der Waals surface area contributed by atoms with Crippen LogP contribution in [0.4, 0.5) is 17.1 Å². The van der Waals surface area contributed by atoms with Crippen LogP contribution < -0.4 is 14.8 Å². The molecule has 0 aliphatic rings. The zero-order valence-corrected chi connectivity index (χ0v) is 19.8. The highest BCUT2D eigenvalue weighted by molar-refractivity contribution is 7.99. The predicted molar refractivity (Wildman–Crippen MR) is 130 cm³/mol. The maximum Gasteiger partial charge on any atom is 0.271 e. The summed E-state index contributed by atoms with van der Waals surface area (Å²) in [6, 6.07) is 16.4. The number of hydrogen-bond donors (Lipinski definition) is 2. The molecule has 0 aliphatic heterocycles. The lowest BCUT2D eigenvalue weighted by molar-refractivity contribution is -0.384. The normalized spacial score (nSPS) is 11.2. The molecule has 180 valence electrons. The predicted octanol–water partition coefficient (Wildman–Crippen LogP) is 4.28. The molecule has 0 saturated carbocycles. The van der Waals surface area contributed by atoms with Crippen molar-refractivity contribution in [3.8, 4) is 5.75 Å². The molecule has 4 aromatic rings. The van der Waals surface area contributed by atoms with Gasteiger partial charge in [-0.05, 0) is 36.4 Å². The van der Waals surface area contributed by atoms with Crippen molar-refractivity contribution in [1.82, 2.24) is 4.98 Å². The van der Waals surface area contributed by atoms with Gasteiger partial charge >= 0.3 is 0 Å². The highest BCUT2D eigenvalue weighted by Gasteiger charge is 2.19. The Morgan fingerprint density at radius 3 is 2.71 bits per heavy atom. The Hall–Kier alpha value is -4.10. The van der Waals surface area contributed by atoms with Crippen LogP contribution in [-0.4, -0.2) is 37.1 Å². The lowest BCUT2D eigenvalue weighted by Crippen LogP contribution is -2.14. The molecule has 0 saturated heterocycles. The molecule has 1 heterocycles. The maximum atomic E-state index is 12.8. The highest BCUT2D eigenvalue weighted by Crippen LogP contribution is 2.29. The minimum absolute atomic E-state index is 0.0239. The van der Waals surface area contributed by atoms with Crippen LogP contribution >= 0.6 is 11.8 Å². The van der Waals surface area contributed by atoms with Gasteiger partial charge in [0, 0.05) is 17.8 Å². The van der Waals surface area contributed by atoms with Gasteiger partial charge in [-0.2, -0.15) is 0 Å². The van der Waals surface area contributed by atoms with E-state index in [1.807, 2.05) is 0 Å². The minimum atomic E-state index is -3.93. The molecule has 0 radical (unpaired) electrons. The van der Waals surface area contributed by atoms with Gasteiger partial charge in [0.05, 0.1) is 28.4 Å². The van der Waals surface area contributed by atoms with Crippen LogP contribution in [-0.2, 0) is 14.8 Å². The summed E-state index contributed by atoms with van der Waals surface area (Å²) < 4.78 is 39.0. The number of fused-ring (bicyclic) bond motifs is 1. The van der Waals surface area contributed by atoms with Gasteiger partial charge < -0.3 is 14.5 Å². The SMILES string of the molecule is COc1ccccc1NS(=O)(=O)c1ccc2oc(SCC(=O)Nc3cccc([N+](=O)[O-])c3)nc2c1. The second-order valence-electron chi connectivity index (χ2n) is 7.06. The molecule has 2 N–H and O–H groups in total. The molecule has 0 unspecified atom stereocenters. The van der Waals surface area contributed by atoms with Gasteiger partial charge in [0.25, 0.3) is 20.9 Å². The van der Waals surface area contributed by atoms with Crippen molar-refractivity contribution in [1.29, 1.82) is 0 Å². The highest BCUT2D eigenvalue weighted by atomic mass is 32.2. The number of rotatable bonds is 9. The molecule has 35 heavy (non-hydrogen) atoms. The summed E-state index contributed by atoms with van der Waals surface area (Å²) in [5.41, 5.74) is 1.10. The van der Waals surface area contributed by atoms with E-state index in [2.05, 4.69) is 15.0 Å². The number of benzene rings is 3. The largest absolute Gasteiger partial charge is 0.495 e. The van der Waals surface area contributed by atoms with Crippen LogP contribution in [0.15, 0.2) is 81.3 Å². The van der Waals surface area contributed by atoms with E-state index in [9.17, 15) is 23.3 Å². The Bertz CT molecular complexity index is 1520. The van der Waals surface area contributed by atoms with Gasteiger partial charge in [-0.15, -0.1) is 0 Å². The van der Waals surface area contributed by atoms with Gasteiger partial charge in [0.15, 0.2) is 5.58 Å². The molecule has 0 aliphatic carbocycles. The third-order valence-electron chi connectivity index (χ3n) is 4.67.